The van der Waals surface area contributed by atoms with Crippen molar-refractivity contribution in [3.8, 4) is 5.75 Å². The van der Waals surface area contributed by atoms with Crippen LogP contribution in [0.5, 0.6) is 5.75 Å². The van der Waals surface area contributed by atoms with Crippen LogP contribution in [0.25, 0.3) is 0 Å². The number of methoxy groups -OCH3 is 1. The van der Waals surface area contributed by atoms with Gasteiger partial charge in [-0.15, -0.1) is 23.7 Å². The maximum atomic E-state index is 13.7. The predicted molar refractivity (Wildman–Crippen MR) is 70.5 cm³/mol. The van der Waals surface area contributed by atoms with Gasteiger partial charge < -0.3 is 10.5 Å². The Morgan fingerprint density at radius 1 is 1.28 bits per heavy atom. The number of nitrogens with two attached hydrogens (primary N) is 1. The van der Waals surface area contributed by atoms with Crippen molar-refractivity contribution in [2.45, 2.75) is 6.04 Å². The maximum Gasteiger partial charge on any atom is 0.134 e. The smallest absolute Gasteiger partial charge is 0.134 e. The molecule has 0 aliphatic rings. The van der Waals surface area contributed by atoms with E-state index < -0.39 is 17.7 Å². The van der Waals surface area contributed by atoms with Gasteiger partial charge in [-0.25, -0.2) is 8.78 Å². The van der Waals surface area contributed by atoms with Gasteiger partial charge in [0.05, 0.1) is 13.2 Å². The molecule has 6 heteroatoms. The topological polar surface area (TPSA) is 35.2 Å². The normalized spacial score (nSPS) is 11.8. The van der Waals surface area contributed by atoms with Gasteiger partial charge in [0.25, 0.3) is 0 Å². The second-order valence-electron chi connectivity index (χ2n) is 3.50. The first-order chi connectivity index (χ1) is 8.13. The monoisotopic (exact) mass is 291 g/mol. The van der Waals surface area contributed by atoms with Gasteiger partial charge in [-0.2, -0.15) is 0 Å². The quantitative estimate of drug-likeness (QED) is 0.939. The molecular formula is C12H12ClF2NOS. The van der Waals surface area contributed by atoms with E-state index in [-0.39, 0.29) is 23.7 Å². The number of hydrogen-bond acceptors (Lipinski definition) is 3. The summed E-state index contributed by atoms with van der Waals surface area (Å²) in [5.74, 6) is -1.24. The van der Waals surface area contributed by atoms with Gasteiger partial charge in [-0.05, 0) is 11.4 Å². The molecule has 1 aromatic heterocycles. The molecule has 2 rings (SSSR count). The fourth-order valence-electron chi connectivity index (χ4n) is 1.59. The van der Waals surface area contributed by atoms with Crippen molar-refractivity contribution in [1.82, 2.24) is 0 Å². The van der Waals surface area contributed by atoms with Gasteiger partial charge in [0.2, 0.25) is 0 Å². The molecule has 2 N–H and O–H groups in total. The van der Waals surface area contributed by atoms with E-state index in [1.54, 1.807) is 12.1 Å². The summed E-state index contributed by atoms with van der Waals surface area (Å²) in [6.45, 7) is 0. The Morgan fingerprint density at radius 3 is 2.33 bits per heavy atom. The molecule has 2 nitrogen and oxygen atoms in total. The highest BCUT2D eigenvalue weighted by molar-refractivity contribution is 7.10. The van der Waals surface area contributed by atoms with Crippen molar-refractivity contribution in [2.24, 2.45) is 5.73 Å². The van der Waals surface area contributed by atoms with Gasteiger partial charge in [0.1, 0.15) is 17.4 Å². The second kappa shape index (κ2) is 6.13. The molecule has 0 aliphatic heterocycles. The molecular weight excluding hydrogens is 280 g/mol. The minimum Gasteiger partial charge on any atom is -0.497 e. The Kier molecular flexibility index (Phi) is 5.07. The number of halogens is 3. The van der Waals surface area contributed by atoms with Crippen LogP contribution in [-0.4, -0.2) is 7.11 Å². The highest BCUT2D eigenvalue weighted by Crippen LogP contribution is 2.30. The van der Waals surface area contributed by atoms with Crippen LogP contribution in [0.4, 0.5) is 8.78 Å². The van der Waals surface area contributed by atoms with E-state index >= 15 is 0 Å². The van der Waals surface area contributed by atoms with Crippen LogP contribution in [0.2, 0.25) is 0 Å². The number of rotatable bonds is 3. The average Bonchev–Trinajstić information content (AvgIpc) is 2.81. The fraction of sp³-hybridized carbons (Fsp3) is 0.167. The summed E-state index contributed by atoms with van der Waals surface area (Å²) >= 11 is 1.36. The average molecular weight is 292 g/mol. The lowest BCUT2D eigenvalue weighted by molar-refractivity contribution is 0.404. The Balaban J connectivity index is 0.00000162. The third-order valence-corrected chi connectivity index (χ3v) is 3.40. The molecule has 0 spiro atoms. The molecule has 0 unspecified atom stereocenters. The summed E-state index contributed by atoms with van der Waals surface area (Å²) in [5.41, 5.74) is 5.71. The first-order valence-corrected chi connectivity index (χ1v) is 5.83. The molecule has 0 radical (unpaired) electrons. The van der Waals surface area contributed by atoms with E-state index in [0.29, 0.717) is 4.88 Å². The molecule has 0 fully saturated rings. The summed E-state index contributed by atoms with van der Waals surface area (Å²) < 4.78 is 32.3. The van der Waals surface area contributed by atoms with E-state index in [2.05, 4.69) is 0 Å². The van der Waals surface area contributed by atoms with E-state index in [0.717, 1.165) is 12.1 Å². The van der Waals surface area contributed by atoms with Crippen molar-refractivity contribution in [2.75, 3.05) is 7.11 Å². The molecule has 1 atom stereocenters. The summed E-state index contributed by atoms with van der Waals surface area (Å²) in [5, 5.41) is 1.81. The van der Waals surface area contributed by atoms with Crippen molar-refractivity contribution >= 4 is 23.7 Å². The molecule has 1 heterocycles. The third kappa shape index (κ3) is 2.80. The van der Waals surface area contributed by atoms with E-state index in [1.165, 1.54) is 18.4 Å². The van der Waals surface area contributed by atoms with Crippen LogP contribution in [0, 0.1) is 11.6 Å². The van der Waals surface area contributed by atoms with Crippen molar-refractivity contribution < 1.29 is 13.5 Å². The summed E-state index contributed by atoms with van der Waals surface area (Å²) in [7, 11) is 1.35. The Bertz CT molecular complexity index is 496. The van der Waals surface area contributed by atoms with Crippen LogP contribution in [0.3, 0.4) is 0 Å². The van der Waals surface area contributed by atoms with Crippen molar-refractivity contribution in [3.05, 3.63) is 51.7 Å². The Labute approximate surface area is 114 Å². The lowest BCUT2D eigenvalue weighted by Gasteiger charge is -2.13. The summed E-state index contributed by atoms with van der Waals surface area (Å²) in [6.07, 6.45) is 0. The highest BCUT2D eigenvalue weighted by atomic mass is 35.5. The second-order valence-corrected chi connectivity index (χ2v) is 4.48. The zero-order valence-electron chi connectivity index (χ0n) is 9.52. The third-order valence-electron chi connectivity index (χ3n) is 2.45. The molecule has 0 bridgehead atoms. The zero-order chi connectivity index (χ0) is 12.4. The summed E-state index contributed by atoms with van der Waals surface area (Å²) in [6, 6.07) is 5.01. The highest BCUT2D eigenvalue weighted by Gasteiger charge is 2.20. The Morgan fingerprint density at radius 2 is 1.89 bits per heavy atom. The van der Waals surface area contributed by atoms with Crippen LogP contribution in [-0.2, 0) is 0 Å². The van der Waals surface area contributed by atoms with E-state index in [4.69, 9.17) is 10.5 Å². The van der Waals surface area contributed by atoms with Crippen molar-refractivity contribution in [1.29, 1.82) is 0 Å². The maximum absolute atomic E-state index is 13.7. The fourth-order valence-corrected chi connectivity index (χ4v) is 2.32. The molecule has 2 aromatic rings. The molecule has 0 saturated heterocycles. The first kappa shape index (κ1) is 14.9. The first-order valence-electron chi connectivity index (χ1n) is 4.95. The van der Waals surface area contributed by atoms with Gasteiger partial charge >= 0.3 is 0 Å². The predicted octanol–water partition coefficient (Wildman–Crippen LogP) is 3.50. The molecule has 18 heavy (non-hydrogen) atoms. The van der Waals surface area contributed by atoms with E-state index in [9.17, 15) is 8.78 Å². The standard InChI is InChI=1S/C12H11F2NOS.ClH/c1-16-7-5-8(13)11(9(14)6-7)12(15)10-3-2-4-17-10;/h2-6,12H,15H2,1H3;1H/t12-;/m1./s1. The van der Waals surface area contributed by atoms with Crippen LogP contribution in [0.1, 0.15) is 16.5 Å². The molecule has 0 amide bonds. The van der Waals surface area contributed by atoms with Crippen LogP contribution in [0.15, 0.2) is 29.6 Å². The SMILES string of the molecule is COc1cc(F)c([C@H](N)c2cccs2)c(F)c1.Cl. The number of thiophene rings is 1. The zero-order valence-corrected chi connectivity index (χ0v) is 11.2. The van der Waals surface area contributed by atoms with Gasteiger partial charge in [-0.1, -0.05) is 6.07 Å². The minimum absolute atomic E-state index is 0. The lowest BCUT2D eigenvalue weighted by Crippen LogP contribution is -2.14. The van der Waals surface area contributed by atoms with Crippen LogP contribution >= 0.6 is 23.7 Å². The van der Waals surface area contributed by atoms with Gasteiger partial charge in [0.15, 0.2) is 0 Å². The molecule has 0 aliphatic carbocycles. The number of hydrogen-bond donors (Lipinski definition) is 1. The Hall–Kier alpha value is -1.17. The molecule has 98 valence electrons. The minimum atomic E-state index is -0.791. The van der Waals surface area contributed by atoms with Crippen molar-refractivity contribution in [3.63, 3.8) is 0 Å². The lowest BCUT2D eigenvalue weighted by atomic mass is 10.0. The molecule has 0 saturated carbocycles. The van der Waals surface area contributed by atoms with Gasteiger partial charge in [0, 0.05) is 22.6 Å². The number of benzene rings is 1. The summed E-state index contributed by atoms with van der Waals surface area (Å²) in [4.78, 5) is 0.716. The largest absolute Gasteiger partial charge is 0.497 e. The number of ether oxygens (including phenoxy) is 1. The molecule has 1 aromatic carbocycles. The van der Waals surface area contributed by atoms with Crippen LogP contribution < -0.4 is 10.5 Å². The van der Waals surface area contributed by atoms with E-state index in [1.807, 2.05) is 5.38 Å². The van der Waals surface area contributed by atoms with Gasteiger partial charge in [-0.3, -0.25) is 0 Å².